The molecule has 1 fully saturated rings. The van der Waals surface area contributed by atoms with Crippen LogP contribution in [0, 0.1) is 5.82 Å². The molecule has 1 saturated heterocycles. The van der Waals surface area contributed by atoms with Crippen LogP contribution in [0.15, 0.2) is 53.6 Å². The van der Waals surface area contributed by atoms with Crippen molar-refractivity contribution in [1.82, 2.24) is 4.90 Å². The minimum atomic E-state index is -4.91. The van der Waals surface area contributed by atoms with Gasteiger partial charge in [-0.25, -0.2) is 12.8 Å². The van der Waals surface area contributed by atoms with Crippen LogP contribution in [-0.4, -0.2) is 58.0 Å². The van der Waals surface area contributed by atoms with Crippen LogP contribution < -0.4 is 14.2 Å². The van der Waals surface area contributed by atoms with Crippen LogP contribution >= 0.6 is 0 Å². The lowest BCUT2D eigenvalue weighted by Gasteiger charge is -2.39. The number of hydrogen-bond acceptors (Lipinski definition) is 6. The normalized spacial score (nSPS) is 14.4. The maximum absolute atomic E-state index is 13.1. The largest absolute Gasteiger partial charge is 0.494 e. The van der Waals surface area contributed by atoms with Gasteiger partial charge in [0.05, 0.1) is 20.2 Å². The van der Waals surface area contributed by atoms with E-state index in [1.54, 1.807) is 0 Å². The molecule has 1 aliphatic rings. The number of carbonyl (C=O) groups excluding carboxylic acids is 1. The molecule has 0 spiro atoms. The van der Waals surface area contributed by atoms with Crippen molar-refractivity contribution in [2.75, 3.05) is 26.5 Å². The topological polar surface area (TPSA) is 82.1 Å². The van der Waals surface area contributed by atoms with Gasteiger partial charge in [-0.1, -0.05) is 6.58 Å². The summed E-state index contributed by atoms with van der Waals surface area (Å²) in [5.74, 6) is -3.49. The maximum atomic E-state index is 13.1. The van der Waals surface area contributed by atoms with Gasteiger partial charge in [0.15, 0.2) is 15.6 Å². The lowest BCUT2D eigenvalue weighted by molar-refractivity contribution is -0.115. The van der Waals surface area contributed by atoms with Gasteiger partial charge >= 0.3 is 6.18 Å². The van der Waals surface area contributed by atoms with E-state index in [0.29, 0.717) is 5.75 Å². The Hall–Kier alpha value is -3.28. The average Bonchev–Trinajstić information content (AvgIpc) is 2.69. The number of ether oxygens (including phenoxy) is 3. The molecule has 2 aromatic carbocycles. The smallest absolute Gasteiger partial charge is 0.448 e. The van der Waals surface area contributed by atoms with Gasteiger partial charge in [-0.05, 0) is 36.4 Å². The Bertz CT molecular complexity index is 1170. The quantitative estimate of drug-likeness (QED) is 0.437. The van der Waals surface area contributed by atoms with Gasteiger partial charge in [-0.15, -0.1) is 0 Å². The Kier molecular flexibility index (Phi) is 6.59. The third-order valence-electron chi connectivity index (χ3n) is 4.70. The number of rotatable bonds is 7. The van der Waals surface area contributed by atoms with Crippen LogP contribution in [0.2, 0.25) is 0 Å². The summed E-state index contributed by atoms with van der Waals surface area (Å²) in [6, 6.07) is 7.15. The lowest BCUT2D eigenvalue weighted by atomic mass is 10.1. The zero-order chi connectivity index (χ0) is 24.6. The molecule has 0 bridgehead atoms. The molecule has 3 rings (SSSR count). The summed E-state index contributed by atoms with van der Waals surface area (Å²) in [5, 5.41) is 0. The Morgan fingerprint density at radius 2 is 1.73 bits per heavy atom. The second-order valence-corrected chi connectivity index (χ2v) is 9.15. The zero-order valence-electron chi connectivity index (χ0n) is 17.5. The third-order valence-corrected chi connectivity index (χ3v) is 5.82. The molecule has 1 amide bonds. The van der Waals surface area contributed by atoms with Crippen LogP contribution in [-0.2, 0) is 9.84 Å². The molecule has 33 heavy (non-hydrogen) atoms. The standard InChI is InChI=1S/C21H19F4NO6S/c1-12(21(23,24)25)31-16-8-9-17(33(3,28)29)19(30-2)18(16)20(27)26-10-15(11-26)32-14-6-4-13(22)5-7-14/h4-9,15H,1,10-11H2,2-3H3. The Balaban J connectivity index is 1.89. The molecule has 2 aromatic rings. The van der Waals surface area contributed by atoms with Gasteiger partial charge in [-0.2, -0.15) is 13.2 Å². The monoisotopic (exact) mass is 489 g/mol. The number of amides is 1. The fourth-order valence-corrected chi connectivity index (χ4v) is 3.90. The van der Waals surface area contributed by atoms with Crippen molar-refractivity contribution in [3.63, 3.8) is 0 Å². The first-order valence-corrected chi connectivity index (χ1v) is 11.3. The number of methoxy groups -OCH3 is 1. The summed E-state index contributed by atoms with van der Waals surface area (Å²) in [7, 11) is -2.81. The SMILES string of the molecule is C=C(Oc1ccc(S(C)(=O)=O)c(OC)c1C(=O)N1CC(Oc2ccc(F)cc2)C1)C(F)(F)F. The van der Waals surface area contributed by atoms with Gasteiger partial charge in [0, 0.05) is 6.26 Å². The second kappa shape index (κ2) is 8.93. The maximum Gasteiger partial charge on any atom is 0.448 e. The summed E-state index contributed by atoms with van der Waals surface area (Å²) >= 11 is 0. The van der Waals surface area contributed by atoms with Crippen LogP contribution in [0.4, 0.5) is 17.6 Å². The fourth-order valence-electron chi connectivity index (χ4n) is 3.06. The molecule has 0 aliphatic carbocycles. The van der Waals surface area contributed by atoms with Gasteiger partial charge in [0.1, 0.15) is 33.9 Å². The Labute approximate surface area is 187 Å². The number of carbonyl (C=O) groups is 1. The second-order valence-electron chi connectivity index (χ2n) is 7.17. The van der Waals surface area contributed by atoms with Crippen molar-refractivity contribution >= 4 is 15.7 Å². The van der Waals surface area contributed by atoms with Crippen LogP contribution in [0.5, 0.6) is 17.2 Å². The fraction of sp³-hybridized carbons (Fsp3) is 0.286. The molecule has 0 atom stereocenters. The predicted octanol–water partition coefficient (Wildman–Crippen LogP) is 3.60. The molecule has 0 saturated carbocycles. The Morgan fingerprint density at radius 3 is 2.24 bits per heavy atom. The summed E-state index contributed by atoms with van der Waals surface area (Å²) in [5.41, 5.74) is -0.494. The van der Waals surface area contributed by atoms with E-state index in [4.69, 9.17) is 14.2 Å². The van der Waals surface area contributed by atoms with Crippen molar-refractivity contribution in [3.8, 4) is 17.2 Å². The van der Waals surface area contributed by atoms with Crippen molar-refractivity contribution in [2.24, 2.45) is 0 Å². The van der Waals surface area contributed by atoms with Crippen molar-refractivity contribution in [2.45, 2.75) is 17.2 Å². The van der Waals surface area contributed by atoms with E-state index in [1.165, 1.54) is 29.2 Å². The molecule has 12 heteroatoms. The van der Waals surface area contributed by atoms with Crippen LogP contribution in [0.3, 0.4) is 0 Å². The highest BCUT2D eigenvalue weighted by Gasteiger charge is 2.39. The lowest BCUT2D eigenvalue weighted by Crippen LogP contribution is -2.56. The zero-order valence-corrected chi connectivity index (χ0v) is 18.3. The van der Waals surface area contributed by atoms with Crippen molar-refractivity contribution < 1.29 is 45.0 Å². The molecular formula is C21H19F4NO6S. The number of alkyl halides is 3. The summed E-state index contributed by atoms with van der Waals surface area (Å²) in [4.78, 5) is 14.0. The Morgan fingerprint density at radius 1 is 1.12 bits per heavy atom. The molecule has 0 N–H and O–H groups in total. The molecule has 178 valence electrons. The molecule has 1 aliphatic heterocycles. The van der Waals surface area contributed by atoms with Crippen LogP contribution in [0.1, 0.15) is 10.4 Å². The first kappa shape index (κ1) is 24.4. The van der Waals surface area contributed by atoms with E-state index in [-0.39, 0.29) is 13.1 Å². The highest BCUT2D eigenvalue weighted by Crippen LogP contribution is 2.39. The number of nitrogens with zero attached hydrogens (tertiary/aromatic N) is 1. The van der Waals surface area contributed by atoms with E-state index in [9.17, 15) is 30.8 Å². The van der Waals surface area contributed by atoms with E-state index < -0.39 is 61.6 Å². The molecule has 1 heterocycles. The molecule has 7 nitrogen and oxygen atoms in total. The highest BCUT2D eigenvalue weighted by atomic mass is 32.2. The molecular weight excluding hydrogens is 470 g/mol. The number of sulfone groups is 1. The van der Waals surface area contributed by atoms with Gasteiger partial charge < -0.3 is 19.1 Å². The van der Waals surface area contributed by atoms with E-state index in [2.05, 4.69) is 6.58 Å². The minimum Gasteiger partial charge on any atom is -0.494 e. The van der Waals surface area contributed by atoms with Gasteiger partial charge in [-0.3, -0.25) is 4.79 Å². The molecule has 0 unspecified atom stereocenters. The van der Waals surface area contributed by atoms with Gasteiger partial charge in [0.2, 0.25) is 5.76 Å². The number of halogens is 4. The number of likely N-dealkylation sites (tertiary alicyclic amines) is 1. The van der Waals surface area contributed by atoms with E-state index in [0.717, 1.165) is 25.5 Å². The summed E-state index contributed by atoms with van der Waals surface area (Å²) < 4.78 is 91.6. The molecule has 0 aromatic heterocycles. The highest BCUT2D eigenvalue weighted by molar-refractivity contribution is 7.90. The number of hydrogen-bond donors (Lipinski definition) is 0. The van der Waals surface area contributed by atoms with Gasteiger partial charge in [0.25, 0.3) is 5.91 Å². The van der Waals surface area contributed by atoms with Crippen molar-refractivity contribution in [1.29, 1.82) is 0 Å². The van der Waals surface area contributed by atoms with E-state index in [1.807, 2.05) is 0 Å². The minimum absolute atomic E-state index is 0.0438. The summed E-state index contributed by atoms with van der Waals surface area (Å²) in [6.45, 7) is 2.90. The van der Waals surface area contributed by atoms with Crippen LogP contribution in [0.25, 0.3) is 0 Å². The van der Waals surface area contributed by atoms with E-state index >= 15 is 0 Å². The first-order chi connectivity index (χ1) is 15.3. The molecule has 0 radical (unpaired) electrons. The summed E-state index contributed by atoms with van der Waals surface area (Å²) in [6.07, 6.45) is -4.50. The third kappa shape index (κ3) is 5.38. The number of benzene rings is 2. The average molecular weight is 489 g/mol. The number of allylic oxidation sites excluding steroid dienone is 1. The van der Waals surface area contributed by atoms with Crippen molar-refractivity contribution in [3.05, 3.63) is 60.1 Å². The first-order valence-electron chi connectivity index (χ1n) is 9.37. The predicted molar refractivity (Wildman–Crippen MR) is 109 cm³/mol.